The van der Waals surface area contributed by atoms with Crippen LogP contribution in [-0.4, -0.2) is 17.7 Å². The van der Waals surface area contributed by atoms with Crippen molar-refractivity contribution in [3.05, 3.63) is 70.2 Å². The summed E-state index contributed by atoms with van der Waals surface area (Å²) in [4.78, 5) is 0. The minimum absolute atomic E-state index is 0.306. The van der Waals surface area contributed by atoms with Gasteiger partial charge in [0.15, 0.2) is 0 Å². The first-order valence-electron chi connectivity index (χ1n) is 7.27. The van der Waals surface area contributed by atoms with Crippen molar-refractivity contribution >= 4 is 11.6 Å². The molecule has 0 fully saturated rings. The number of aliphatic hydroxyl groups is 1. The lowest BCUT2D eigenvalue weighted by molar-refractivity contribution is 0.170. The van der Waals surface area contributed by atoms with Gasteiger partial charge in [0.25, 0.3) is 0 Å². The highest BCUT2D eigenvalue weighted by molar-refractivity contribution is 6.30. The fourth-order valence-electron chi connectivity index (χ4n) is 2.41. The number of aryl methyl sites for hydroxylation is 1. The molecule has 0 spiro atoms. The highest BCUT2D eigenvalue weighted by Crippen LogP contribution is 2.17. The van der Waals surface area contributed by atoms with Crippen LogP contribution >= 0.6 is 11.6 Å². The third kappa shape index (κ3) is 5.16. The van der Waals surface area contributed by atoms with Gasteiger partial charge in [0.2, 0.25) is 0 Å². The van der Waals surface area contributed by atoms with E-state index in [2.05, 4.69) is 43.4 Å². The third-order valence-electron chi connectivity index (χ3n) is 3.52. The Hall–Kier alpha value is -1.35. The van der Waals surface area contributed by atoms with Gasteiger partial charge in [-0.15, -0.1) is 0 Å². The van der Waals surface area contributed by atoms with E-state index in [0.717, 1.165) is 12.0 Å². The van der Waals surface area contributed by atoms with Crippen molar-refractivity contribution in [2.24, 2.45) is 0 Å². The van der Waals surface area contributed by atoms with Crippen LogP contribution in [-0.2, 0) is 6.42 Å². The molecule has 2 aromatic carbocycles. The Morgan fingerprint density at radius 2 is 1.90 bits per heavy atom. The van der Waals surface area contributed by atoms with Gasteiger partial charge < -0.3 is 10.4 Å². The Morgan fingerprint density at radius 1 is 1.14 bits per heavy atom. The van der Waals surface area contributed by atoms with E-state index in [1.165, 1.54) is 11.1 Å². The van der Waals surface area contributed by atoms with Crippen molar-refractivity contribution in [3.8, 4) is 0 Å². The van der Waals surface area contributed by atoms with Crippen LogP contribution in [0.2, 0.25) is 5.02 Å². The Morgan fingerprint density at radius 3 is 2.62 bits per heavy atom. The molecule has 0 saturated heterocycles. The van der Waals surface area contributed by atoms with Crippen molar-refractivity contribution in [3.63, 3.8) is 0 Å². The molecule has 1 unspecified atom stereocenters. The van der Waals surface area contributed by atoms with Crippen LogP contribution in [0, 0.1) is 6.92 Å². The molecule has 0 radical (unpaired) electrons. The van der Waals surface area contributed by atoms with Crippen molar-refractivity contribution in [2.75, 3.05) is 6.54 Å². The third-order valence-corrected chi connectivity index (χ3v) is 3.75. The van der Waals surface area contributed by atoms with E-state index in [-0.39, 0.29) is 0 Å². The molecule has 2 atom stereocenters. The number of aliphatic hydroxyl groups excluding tert-OH is 1. The Labute approximate surface area is 131 Å². The first kappa shape index (κ1) is 16.0. The van der Waals surface area contributed by atoms with Crippen molar-refractivity contribution in [2.45, 2.75) is 32.4 Å². The molecule has 2 N–H and O–H groups in total. The number of benzene rings is 2. The summed E-state index contributed by atoms with van der Waals surface area (Å²) in [6.45, 7) is 4.75. The average molecular weight is 304 g/mol. The Kier molecular flexibility index (Phi) is 5.80. The van der Waals surface area contributed by atoms with E-state index in [9.17, 15) is 5.11 Å². The minimum atomic E-state index is -0.538. The molecule has 0 saturated carbocycles. The van der Waals surface area contributed by atoms with Crippen LogP contribution in [0.1, 0.15) is 29.7 Å². The van der Waals surface area contributed by atoms with Crippen LogP contribution in [0.5, 0.6) is 0 Å². The van der Waals surface area contributed by atoms with Gasteiger partial charge in [-0.1, -0.05) is 53.6 Å². The summed E-state index contributed by atoms with van der Waals surface area (Å²) in [7, 11) is 0. The molecule has 0 amide bonds. The van der Waals surface area contributed by atoms with Crippen molar-refractivity contribution in [1.82, 2.24) is 5.32 Å². The number of rotatable bonds is 6. The lowest BCUT2D eigenvalue weighted by atomic mass is 10.0. The molecular weight excluding hydrogens is 282 g/mol. The van der Waals surface area contributed by atoms with E-state index >= 15 is 0 Å². The smallest absolute Gasteiger partial charge is 0.0914 e. The summed E-state index contributed by atoms with van der Waals surface area (Å²) in [5, 5.41) is 14.2. The molecule has 0 aromatic heterocycles. The zero-order valence-electron chi connectivity index (χ0n) is 12.5. The van der Waals surface area contributed by atoms with Gasteiger partial charge in [-0.25, -0.2) is 0 Å². The highest BCUT2D eigenvalue weighted by atomic mass is 35.5. The van der Waals surface area contributed by atoms with Gasteiger partial charge in [0.1, 0.15) is 0 Å². The second-order valence-corrected chi connectivity index (χ2v) is 6.01. The second kappa shape index (κ2) is 7.60. The van der Waals surface area contributed by atoms with E-state index in [0.29, 0.717) is 17.6 Å². The summed E-state index contributed by atoms with van der Waals surface area (Å²) in [6, 6.07) is 16.2. The molecule has 0 bridgehead atoms. The summed E-state index contributed by atoms with van der Waals surface area (Å²) < 4.78 is 0. The SMILES string of the molecule is Cc1cccc(CC(C)NC[C@H](O)c2cccc(Cl)c2)c1. The van der Waals surface area contributed by atoms with E-state index < -0.39 is 6.10 Å². The van der Waals surface area contributed by atoms with Gasteiger partial charge in [0.05, 0.1) is 6.10 Å². The first-order valence-corrected chi connectivity index (χ1v) is 7.65. The maximum absolute atomic E-state index is 10.2. The maximum atomic E-state index is 10.2. The molecule has 2 aromatic rings. The summed E-state index contributed by atoms with van der Waals surface area (Å²) >= 11 is 5.94. The molecular formula is C18H22ClNO. The molecule has 0 aliphatic rings. The zero-order valence-corrected chi connectivity index (χ0v) is 13.3. The van der Waals surface area contributed by atoms with Gasteiger partial charge in [-0.2, -0.15) is 0 Å². The standard InChI is InChI=1S/C18H22ClNO/c1-13-5-3-6-15(9-13)10-14(2)20-12-18(21)16-7-4-8-17(19)11-16/h3-9,11,14,18,20-21H,10,12H2,1-2H3/t14?,18-/m0/s1. The summed E-state index contributed by atoms with van der Waals surface area (Å²) in [5.74, 6) is 0. The lowest BCUT2D eigenvalue weighted by Crippen LogP contribution is -2.32. The van der Waals surface area contributed by atoms with E-state index in [1.807, 2.05) is 18.2 Å². The predicted molar refractivity (Wildman–Crippen MR) is 88.8 cm³/mol. The highest BCUT2D eigenvalue weighted by Gasteiger charge is 2.10. The topological polar surface area (TPSA) is 32.3 Å². The fraction of sp³-hybridized carbons (Fsp3) is 0.333. The second-order valence-electron chi connectivity index (χ2n) is 5.57. The molecule has 2 nitrogen and oxygen atoms in total. The zero-order chi connectivity index (χ0) is 15.2. The van der Waals surface area contributed by atoms with Gasteiger partial charge in [-0.3, -0.25) is 0 Å². The number of hydrogen-bond acceptors (Lipinski definition) is 2. The van der Waals surface area contributed by atoms with Gasteiger partial charge >= 0.3 is 0 Å². The van der Waals surface area contributed by atoms with E-state index in [1.54, 1.807) is 6.07 Å². The molecule has 112 valence electrons. The quantitative estimate of drug-likeness (QED) is 0.848. The van der Waals surface area contributed by atoms with Crippen LogP contribution in [0.15, 0.2) is 48.5 Å². The molecule has 0 aliphatic carbocycles. The molecule has 21 heavy (non-hydrogen) atoms. The van der Waals surface area contributed by atoms with Crippen LogP contribution in [0.4, 0.5) is 0 Å². The maximum Gasteiger partial charge on any atom is 0.0914 e. The average Bonchev–Trinajstić information content (AvgIpc) is 2.45. The molecule has 0 aliphatic heterocycles. The van der Waals surface area contributed by atoms with Crippen LogP contribution in [0.25, 0.3) is 0 Å². The largest absolute Gasteiger partial charge is 0.387 e. The molecule has 2 rings (SSSR count). The Bertz CT molecular complexity index is 585. The van der Waals surface area contributed by atoms with Crippen molar-refractivity contribution in [1.29, 1.82) is 0 Å². The first-order chi connectivity index (χ1) is 10.0. The van der Waals surface area contributed by atoms with Crippen LogP contribution < -0.4 is 5.32 Å². The van der Waals surface area contributed by atoms with Crippen molar-refractivity contribution < 1.29 is 5.11 Å². The number of halogens is 1. The minimum Gasteiger partial charge on any atom is -0.387 e. The monoisotopic (exact) mass is 303 g/mol. The fourth-order valence-corrected chi connectivity index (χ4v) is 2.61. The summed E-state index contributed by atoms with van der Waals surface area (Å²) in [6.07, 6.45) is 0.410. The lowest BCUT2D eigenvalue weighted by Gasteiger charge is -2.18. The van der Waals surface area contributed by atoms with Gasteiger partial charge in [0, 0.05) is 17.6 Å². The predicted octanol–water partition coefficient (Wildman–Crippen LogP) is 3.90. The Balaban J connectivity index is 1.85. The number of hydrogen-bond donors (Lipinski definition) is 2. The van der Waals surface area contributed by atoms with Gasteiger partial charge in [-0.05, 0) is 43.5 Å². The number of nitrogens with one attached hydrogen (secondary N) is 1. The summed E-state index contributed by atoms with van der Waals surface area (Å²) in [5.41, 5.74) is 3.43. The molecule has 0 heterocycles. The molecule has 3 heteroatoms. The van der Waals surface area contributed by atoms with E-state index in [4.69, 9.17) is 11.6 Å². The normalized spacial score (nSPS) is 13.9. The van der Waals surface area contributed by atoms with Crippen LogP contribution in [0.3, 0.4) is 0 Å².